The summed E-state index contributed by atoms with van der Waals surface area (Å²) in [6.07, 6.45) is -5.94. The summed E-state index contributed by atoms with van der Waals surface area (Å²) in [6.45, 7) is 2.60. The topological polar surface area (TPSA) is 148 Å². The fourth-order valence-corrected chi connectivity index (χ4v) is 4.28. The zero-order valence-corrected chi connectivity index (χ0v) is 20.7. The summed E-state index contributed by atoms with van der Waals surface area (Å²) in [4.78, 5) is 32.0. The summed E-state index contributed by atoms with van der Waals surface area (Å²) in [5.74, 6) is -5.65. The van der Waals surface area contributed by atoms with Gasteiger partial charge in [-0.3, -0.25) is 9.48 Å². The normalized spacial score (nSPS) is 16.4. The Morgan fingerprint density at radius 1 is 1.10 bits per heavy atom. The van der Waals surface area contributed by atoms with Gasteiger partial charge in [0, 0.05) is 36.1 Å². The minimum Gasteiger partial charge on any atom is -0.427 e. The predicted octanol–water partition coefficient (Wildman–Crippen LogP) is 3.60. The Balaban J connectivity index is 1.81. The molecule has 1 aliphatic rings. The van der Waals surface area contributed by atoms with Gasteiger partial charge in [-0.1, -0.05) is 12.1 Å². The first kappa shape index (κ1) is 28.8. The molecule has 10 nitrogen and oxygen atoms in total. The highest BCUT2D eigenvalue weighted by atomic mass is 19.4. The number of rotatable bonds is 6. The fraction of sp³-hybridized carbons (Fsp3) is 0.375. The molecule has 1 aliphatic heterocycles. The van der Waals surface area contributed by atoms with Crippen molar-refractivity contribution >= 4 is 17.7 Å². The summed E-state index contributed by atoms with van der Waals surface area (Å²) in [5, 5.41) is 4.34. The molecule has 0 aliphatic carbocycles. The van der Waals surface area contributed by atoms with Crippen molar-refractivity contribution in [2.45, 2.75) is 43.8 Å². The highest BCUT2D eigenvalue weighted by Crippen LogP contribution is 2.45. The summed E-state index contributed by atoms with van der Waals surface area (Å²) in [7, 11) is 0. The van der Waals surface area contributed by atoms with E-state index in [0.29, 0.717) is 36.5 Å². The van der Waals surface area contributed by atoms with Gasteiger partial charge >= 0.3 is 23.9 Å². The third kappa shape index (κ3) is 5.30. The van der Waals surface area contributed by atoms with Crippen LogP contribution in [0.15, 0.2) is 36.8 Å². The van der Waals surface area contributed by atoms with E-state index in [0.717, 1.165) is 25.1 Å². The molecule has 1 atom stereocenters. The van der Waals surface area contributed by atoms with Gasteiger partial charge in [-0.15, -0.1) is 0 Å². The maximum absolute atomic E-state index is 14.2. The minimum atomic E-state index is -5.86. The van der Waals surface area contributed by atoms with Gasteiger partial charge in [0.2, 0.25) is 0 Å². The zero-order valence-electron chi connectivity index (χ0n) is 20.7. The molecule has 0 radical (unpaired) electrons. The molecule has 0 bridgehead atoms. The fourth-order valence-electron chi connectivity index (χ4n) is 4.28. The van der Waals surface area contributed by atoms with Crippen LogP contribution in [0.2, 0.25) is 0 Å². The summed E-state index contributed by atoms with van der Waals surface area (Å²) in [6, 6.07) is 2.55. The number of nitrogen functional groups attached to an aromatic ring is 1. The first-order chi connectivity index (χ1) is 18.6. The van der Waals surface area contributed by atoms with Crippen molar-refractivity contribution in [2.75, 3.05) is 18.9 Å². The Morgan fingerprint density at radius 2 is 1.77 bits per heavy atom. The number of nitrogens with zero attached hydrogens (tertiary/aromatic N) is 4. The van der Waals surface area contributed by atoms with Gasteiger partial charge in [0.15, 0.2) is 0 Å². The Labute approximate surface area is 222 Å². The second-order valence-corrected chi connectivity index (χ2v) is 9.00. The van der Waals surface area contributed by atoms with Crippen LogP contribution in [0.1, 0.15) is 30.0 Å². The molecule has 3 aromatic rings. The van der Waals surface area contributed by atoms with Crippen molar-refractivity contribution in [3.63, 3.8) is 0 Å². The summed E-state index contributed by atoms with van der Waals surface area (Å²) in [5.41, 5.74) is 6.11. The van der Waals surface area contributed by atoms with Crippen molar-refractivity contribution in [3.8, 4) is 22.5 Å². The van der Waals surface area contributed by atoms with Gasteiger partial charge in [0.25, 0.3) is 5.91 Å². The van der Waals surface area contributed by atoms with E-state index in [9.17, 15) is 35.9 Å². The highest BCUT2D eigenvalue weighted by Gasteiger charge is 2.66. The summed E-state index contributed by atoms with van der Waals surface area (Å²) < 4.78 is 92.0. The number of nitrogens with two attached hydrogens (primary N) is 2. The minimum absolute atomic E-state index is 0.0232. The summed E-state index contributed by atoms with van der Waals surface area (Å²) >= 11 is 0. The lowest BCUT2D eigenvalue weighted by Crippen LogP contribution is -2.57. The lowest BCUT2D eigenvalue weighted by atomic mass is 9.88. The molecule has 16 heteroatoms. The maximum atomic E-state index is 14.2. The van der Waals surface area contributed by atoms with Crippen LogP contribution in [-0.4, -0.2) is 57.2 Å². The van der Waals surface area contributed by atoms with Crippen LogP contribution in [0.4, 0.5) is 32.2 Å². The van der Waals surface area contributed by atoms with Crippen molar-refractivity contribution in [1.29, 1.82) is 0 Å². The lowest BCUT2D eigenvalue weighted by molar-refractivity contribution is -0.280. The Bertz CT molecular complexity index is 1430. The molecule has 4 N–H and O–H groups in total. The van der Waals surface area contributed by atoms with Crippen LogP contribution in [0.5, 0.6) is 0 Å². The van der Waals surface area contributed by atoms with E-state index in [4.69, 9.17) is 16.2 Å². The van der Waals surface area contributed by atoms with E-state index in [1.54, 1.807) is 10.9 Å². The average molecular weight is 572 g/mol. The number of carbonyl (C=O) groups excluding carboxylic acids is 2. The number of aryl methyl sites for hydroxylation is 1. The third-order valence-corrected chi connectivity index (χ3v) is 6.38. The van der Waals surface area contributed by atoms with Crippen LogP contribution in [0.3, 0.4) is 0 Å². The maximum Gasteiger partial charge on any atom is 0.490 e. The Hall–Kier alpha value is -4.21. The first-order valence-corrected chi connectivity index (χ1v) is 11.7. The standard InChI is InChI=1S/C24H22F6N6O4/c1-12-2-3-14(22(20(32)37,24(28,29)30)40-21(38)23(25,26)27)8-16(12)17-10-33-19(31)18(35-17)13-9-34-36(11-13)15-4-6-39-7-5-15/h2-3,8-11,15H,4-7H2,1H3,(H2,31,33)(H2,32,37). The molecule has 4 rings (SSSR count). The molecule has 0 saturated carbocycles. The third-order valence-electron chi connectivity index (χ3n) is 6.38. The number of alkyl halides is 6. The van der Waals surface area contributed by atoms with Crippen LogP contribution in [0.25, 0.3) is 22.5 Å². The second-order valence-electron chi connectivity index (χ2n) is 9.00. The molecule has 0 spiro atoms. The highest BCUT2D eigenvalue weighted by molar-refractivity contribution is 5.90. The lowest BCUT2D eigenvalue weighted by Gasteiger charge is -2.33. The molecule has 1 amide bonds. The van der Waals surface area contributed by atoms with Gasteiger partial charge in [-0.05, 0) is 31.4 Å². The molecule has 1 aromatic carbocycles. The van der Waals surface area contributed by atoms with Gasteiger partial charge in [-0.25, -0.2) is 14.8 Å². The van der Waals surface area contributed by atoms with Crippen molar-refractivity contribution in [3.05, 3.63) is 47.9 Å². The van der Waals surface area contributed by atoms with E-state index in [-0.39, 0.29) is 28.8 Å². The van der Waals surface area contributed by atoms with Crippen molar-refractivity contribution < 1.29 is 45.4 Å². The number of carbonyl (C=O) groups is 2. The molecule has 1 unspecified atom stereocenters. The molecular formula is C24H22F6N6O4. The van der Waals surface area contributed by atoms with E-state index < -0.39 is 35.4 Å². The Kier molecular flexibility index (Phi) is 7.49. The molecule has 40 heavy (non-hydrogen) atoms. The van der Waals surface area contributed by atoms with Gasteiger partial charge in [0.1, 0.15) is 11.5 Å². The van der Waals surface area contributed by atoms with Crippen LogP contribution in [-0.2, 0) is 24.7 Å². The number of hydrogen-bond acceptors (Lipinski definition) is 8. The molecule has 1 saturated heterocycles. The molecule has 3 heterocycles. The number of amides is 1. The van der Waals surface area contributed by atoms with Crippen molar-refractivity contribution in [1.82, 2.24) is 19.7 Å². The smallest absolute Gasteiger partial charge is 0.427 e. The number of esters is 1. The largest absolute Gasteiger partial charge is 0.490 e. The van der Waals surface area contributed by atoms with E-state index >= 15 is 0 Å². The van der Waals surface area contributed by atoms with Gasteiger partial charge in [-0.2, -0.15) is 31.4 Å². The molecule has 214 valence electrons. The van der Waals surface area contributed by atoms with Crippen LogP contribution in [0, 0.1) is 6.92 Å². The molecule has 2 aromatic heterocycles. The number of benzene rings is 1. The molecular weight excluding hydrogens is 550 g/mol. The van der Waals surface area contributed by atoms with Crippen molar-refractivity contribution in [2.24, 2.45) is 5.73 Å². The predicted molar refractivity (Wildman–Crippen MR) is 126 cm³/mol. The molecule has 1 fully saturated rings. The first-order valence-electron chi connectivity index (χ1n) is 11.7. The SMILES string of the molecule is Cc1ccc(C(OC(=O)C(F)(F)F)(C(N)=O)C(F)(F)F)cc1-c1cnc(N)c(-c2cnn(C3CCOCC3)c2)n1. The quantitative estimate of drug-likeness (QED) is 0.336. The Morgan fingerprint density at radius 3 is 2.38 bits per heavy atom. The average Bonchev–Trinajstić information content (AvgIpc) is 3.37. The van der Waals surface area contributed by atoms with E-state index in [1.165, 1.54) is 13.1 Å². The monoisotopic (exact) mass is 572 g/mol. The number of halogens is 6. The van der Waals surface area contributed by atoms with Crippen LogP contribution < -0.4 is 11.5 Å². The number of aromatic nitrogens is 4. The van der Waals surface area contributed by atoms with Gasteiger partial charge < -0.3 is 20.9 Å². The number of hydrogen-bond donors (Lipinski definition) is 2. The number of anilines is 1. The van der Waals surface area contributed by atoms with E-state index in [2.05, 4.69) is 19.8 Å². The number of ether oxygens (including phenoxy) is 2. The zero-order chi connectivity index (χ0) is 29.5. The van der Waals surface area contributed by atoms with Gasteiger partial charge in [0.05, 0.1) is 24.1 Å². The van der Waals surface area contributed by atoms with Crippen LogP contribution >= 0.6 is 0 Å². The second kappa shape index (κ2) is 10.4. The van der Waals surface area contributed by atoms with E-state index in [1.807, 2.05) is 0 Å². The number of primary amides is 1.